The van der Waals surface area contributed by atoms with Crippen molar-refractivity contribution in [3.63, 3.8) is 0 Å². The molecule has 0 aromatic heterocycles. The number of carboxylic acids is 1. The van der Waals surface area contributed by atoms with Gasteiger partial charge in [0.05, 0.1) is 0 Å². The van der Waals surface area contributed by atoms with E-state index in [1.807, 2.05) is 0 Å². The Morgan fingerprint density at radius 3 is 2.75 bits per heavy atom. The number of carboxylic acid groups (broad SMARTS) is 1. The standard InChI is InChI=1S/C13H21N3O4/c1-13(2,11(18)19)15-12(20)16-6-5-9-8(7-16)3-4-10(17)14-9/h8-9H,3-7H2,1-2H3,(H,14,17)(H,15,20)(H,18,19). The maximum absolute atomic E-state index is 12.1. The SMILES string of the molecule is CC(C)(NC(=O)N1CCC2NC(=O)CCC2C1)C(=O)O. The Morgan fingerprint density at radius 1 is 1.40 bits per heavy atom. The second-order valence-electron chi connectivity index (χ2n) is 6.07. The van der Waals surface area contributed by atoms with E-state index in [1.54, 1.807) is 4.90 Å². The maximum atomic E-state index is 12.1. The second kappa shape index (κ2) is 5.30. The van der Waals surface area contributed by atoms with E-state index >= 15 is 0 Å². The van der Waals surface area contributed by atoms with Gasteiger partial charge in [0, 0.05) is 25.6 Å². The predicted octanol–water partition coefficient (Wildman–Crippen LogP) is 0.160. The van der Waals surface area contributed by atoms with Crippen LogP contribution in [0, 0.1) is 5.92 Å². The molecular formula is C13H21N3O4. The summed E-state index contributed by atoms with van der Waals surface area (Å²) in [4.78, 5) is 36.1. The zero-order chi connectivity index (χ0) is 14.9. The Hall–Kier alpha value is -1.79. The number of likely N-dealkylation sites (tertiary alicyclic amines) is 1. The van der Waals surface area contributed by atoms with E-state index in [2.05, 4.69) is 10.6 Å². The Bertz CT molecular complexity index is 435. The van der Waals surface area contributed by atoms with Crippen molar-refractivity contribution in [2.24, 2.45) is 5.92 Å². The summed E-state index contributed by atoms with van der Waals surface area (Å²) in [6.45, 7) is 4.01. The summed E-state index contributed by atoms with van der Waals surface area (Å²) in [7, 11) is 0. The number of piperidine rings is 2. The Balaban J connectivity index is 1.93. The number of hydrogen-bond acceptors (Lipinski definition) is 3. The van der Waals surface area contributed by atoms with Gasteiger partial charge >= 0.3 is 12.0 Å². The van der Waals surface area contributed by atoms with Crippen LogP contribution in [0.25, 0.3) is 0 Å². The summed E-state index contributed by atoms with van der Waals surface area (Å²) in [6.07, 6.45) is 2.00. The monoisotopic (exact) mass is 283 g/mol. The fourth-order valence-electron chi connectivity index (χ4n) is 2.69. The summed E-state index contributed by atoms with van der Waals surface area (Å²) in [5.74, 6) is -0.720. The summed E-state index contributed by atoms with van der Waals surface area (Å²) >= 11 is 0. The van der Waals surface area contributed by atoms with Crippen LogP contribution in [0.15, 0.2) is 0 Å². The molecule has 3 amide bonds. The quantitative estimate of drug-likeness (QED) is 0.672. The number of nitrogens with one attached hydrogen (secondary N) is 2. The van der Waals surface area contributed by atoms with Gasteiger partial charge in [0.15, 0.2) is 0 Å². The minimum atomic E-state index is -1.28. The van der Waals surface area contributed by atoms with Crippen LogP contribution < -0.4 is 10.6 Å². The summed E-state index contributed by atoms with van der Waals surface area (Å²) in [6, 6.07) is -0.208. The summed E-state index contributed by atoms with van der Waals surface area (Å²) in [5, 5.41) is 14.5. The molecule has 2 unspecified atom stereocenters. The van der Waals surface area contributed by atoms with Gasteiger partial charge in [0.25, 0.3) is 0 Å². The molecule has 2 heterocycles. The molecule has 7 heteroatoms. The van der Waals surface area contributed by atoms with Crippen LogP contribution in [0.3, 0.4) is 0 Å². The molecule has 2 aliphatic rings. The van der Waals surface area contributed by atoms with Gasteiger partial charge in [-0.2, -0.15) is 0 Å². The van der Waals surface area contributed by atoms with Gasteiger partial charge < -0.3 is 20.6 Å². The van der Waals surface area contributed by atoms with Gasteiger partial charge in [-0.3, -0.25) is 4.79 Å². The predicted molar refractivity (Wildman–Crippen MR) is 71.1 cm³/mol. The average Bonchev–Trinajstić information content (AvgIpc) is 2.37. The molecule has 3 N–H and O–H groups in total. The summed E-state index contributed by atoms with van der Waals surface area (Å²) in [5.41, 5.74) is -1.28. The lowest BCUT2D eigenvalue weighted by molar-refractivity contribution is -0.143. The normalized spacial score (nSPS) is 26.5. The molecule has 2 saturated heterocycles. The van der Waals surface area contributed by atoms with E-state index in [-0.39, 0.29) is 23.9 Å². The molecule has 2 atom stereocenters. The third-order valence-electron chi connectivity index (χ3n) is 4.06. The third-order valence-corrected chi connectivity index (χ3v) is 4.06. The molecule has 7 nitrogen and oxygen atoms in total. The van der Waals surface area contributed by atoms with Gasteiger partial charge in [0.2, 0.25) is 5.91 Å². The zero-order valence-corrected chi connectivity index (χ0v) is 11.8. The number of fused-ring (bicyclic) bond motifs is 1. The Labute approximate surface area is 117 Å². The van der Waals surface area contributed by atoms with Crippen molar-refractivity contribution in [1.29, 1.82) is 0 Å². The van der Waals surface area contributed by atoms with Gasteiger partial charge in [-0.25, -0.2) is 9.59 Å². The lowest BCUT2D eigenvalue weighted by Crippen LogP contribution is -2.60. The first kappa shape index (κ1) is 14.6. The number of urea groups is 1. The highest BCUT2D eigenvalue weighted by atomic mass is 16.4. The van der Waals surface area contributed by atoms with Gasteiger partial charge in [-0.05, 0) is 32.6 Å². The topological polar surface area (TPSA) is 98.7 Å². The first-order chi connectivity index (χ1) is 9.29. The Kier molecular flexibility index (Phi) is 3.87. The first-order valence-corrected chi connectivity index (χ1v) is 6.89. The van der Waals surface area contributed by atoms with Crippen LogP contribution in [0.2, 0.25) is 0 Å². The van der Waals surface area contributed by atoms with Crippen LogP contribution in [0.5, 0.6) is 0 Å². The first-order valence-electron chi connectivity index (χ1n) is 6.89. The molecule has 112 valence electrons. The average molecular weight is 283 g/mol. The van der Waals surface area contributed by atoms with Crippen LogP contribution in [0.4, 0.5) is 4.79 Å². The van der Waals surface area contributed by atoms with Crippen molar-refractivity contribution < 1.29 is 19.5 Å². The molecule has 20 heavy (non-hydrogen) atoms. The van der Waals surface area contributed by atoms with Crippen molar-refractivity contribution in [1.82, 2.24) is 15.5 Å². The molecule has 2 fully saturated rings. The van der Waals surface area contributed by atoms with E-state index in [9.17, 15) is 14.4 Å². The highest BCUT2D eigenvalue weighted by Crippen LogP contribution is 2.25. The fourth-order valence-corrected chi connectivity index (χ4v) is 2.69. The van der Waals surface area contributed by atoms with Crippen molar-refractivity contribution in [2.45, 2.75) is 44.7 Å². The third kappa shape index (κ3) is 3.02. The molecule has 0 saturated carbocycles. The molecule has 0 aliphatic carbocycles. The molecule has 2 aliphatic heterocycles. The van der Waals surface area contributed by atoms with E-state index in [4.69, 9.17) is 5.11 Å². The number of hydrogen-bond donors (Lipinski definition) is 3. The van der Waals surface area contributed by atoms with Gasteiger partial charge in [-0.1, -0.05) is 0 Å². The number of nitrogens with zero attached hydrogens (tertiary/aromatic N) is 1. The minimum Gasteiger partial charge on any atom is -0.480 e. The number of rotatable bonds is 2. The van der Waals surface area contributed by atoms with Gasteiger partial charge in [-0.15, -0.1) is 0 Å². The van der Waals surface area contributed by atoms with Crippen LogP contribution in [0.1, 0.15) is 33.1 Å². The maximum Gasteiger partial charge on any atom is 0.328 e. The number of carbonyl (C=O) groups excluding carboxylic acids is 2. The van der Waals surface area contributed by atoms with Crippen LogP contribution in [-0.4, -0.2) is 52.6 Å². The molecule has 0 radical (unpaired) electrons. The molecule has 2 rings (SSSR count). The van der Waals surface area contributed by atoms with E-state index < -0.39 is 11.5 Å². The molecule has 0 aromatic rings. The van der Waals surface area contributed by atoms with Crippen LogP contribution in [-0.2, 0) is 9.59 Å². The highest BCUT2D eigenvalue weighted by molar-refractivity contribution is 5.85. The van der Waals surface area contributed by atoms with Gasteiger partial charge in [0.1, 0.15) is 5.54 Å². The lowest BCUT2D eigenvalue weighted by Gasteiger charge is -2.42. The molecular weight excluding hydrogens is 262 g/mol. The fraction of sp³-hybridized carbons (Fsp3) is 0.769. The summed E-state index contributed by atoms with van der Waals surface area (Å²) < 4.78 is 0. The second-order valence-corrected chi connectivity index (χ2v) is 6.07. The van der Waals surface area contributed by atoms with Crippen molar-refractivity contribution >= 4 is 17.9 Å². The minimum absolute atomic E-state index is 0.0798. The lowest BCUT2D eigenvalue weighted by atomic mass is 9.85. The number of aliphatic carboxylic acids is 1. The smallest absolute Gasteiger partial charge is 0.328 e. The largest absolute Gasteiger partial charge is 0.480 e. The number of amides is 3. The van der Waals surface area contributed by atoms with Crippen molar-refractivity contribution in [3.05, 3.63) is 0 Å². The van der Waals surface area contributed by atoms with Crippen molar-refractivity contribution in [2.75, 3.05) is 13.1 Å². The highest BCUT2D eigenvalue weighted by Gasteiger charge is 2.37. The Morgan fingerprint density at radius 2 is 2.10 bits per heavy atom. The van der Waals surface area contributed by atoms with Crippen molar-refractivity contribution in [3.8, 4) is 0 Å². The molecule has 0 spiro atoms. The zero-order valence-electron chi connectivity index (χ0n) is 11.8. The van der Waals surface area contributed by atoms with Crippen LogP contribution >= 0.6 is 0 Å². The van der Waals surface area contributed by atoms with E-state index in [1.165, 1.54) is 13.8 Å². The molecule has 0 bridgehead atoms. The number of carbonyl (C=O) groups is 3. The van der Waals surface area contributed by atoms with E-state index in [0.717, 1.165) is 12.8 Å². The molecule has 0 aromatic carbocycles. The van der Waals surface area contributed by atoms with E-state index in [0.29, 0.717) is 19.5 Å².